The maximum Gasteiger partial charge on any atom is 0.239 e. The molecular formula is C31H27NO3. The van der Waals surface area contributed by atoms with E-state index in [-0.39, 0.29) is 17.6 Å². The summed E-state index contributed by atoms with van der Waals surface area (Å²) in [6.45, 7) is 5.84. The molecule has 0 N–H and O–H groups in total. The third kappa shape index (κ3) is 2.54. The second-order valence-electron chi connectivity index (χ2n) is 10.1. The molecule has 3 aromatic carbocycles. The summed E-state index contributed by atoms with van der Waals surface area (Å²) >= 11 is 0. The molecule has 3 aromatic rings. The Balaban J connectivity index is 1.64. The van der Waals surface area contributed by atoms with Gasteiger partial charge in [-0.25, -0.2) is 4.90 Å². The van der Waals surface area contributed by atoms with Crippen LogP contribution in [0.4, 0.5) is 5.69 Å². The van der Waals surface area contributed by atoms with Crippen molar-refractivity contribution in [2.75, 3.05) is 4.90 Å². The van der Waals surface area contributed by atoms with Crippen molar-refractivity contribution in [3.05, 3.63) is 102 Å². The fraction of sp³-hybridized carbons (Fsp3) is 0.258. The maximum atomic E-state index is 14.4. The van der Waals surface area contributed by atoms with Crippen LogP contribution in [0.1, 0.15) is 37.0 Å². The molecule has 35 heavy (non-hydrogen) atoms. The Morgan fingerprint density at radius 2 is 1.23 bits per heavy atom. The third-order valence-electron chi connectivity index (χ3n) is 8.53. The van der Waals surface area contributed by atoms with Gasteiger partial charge in [0, 0.05) is 0 Å². The highest BCUT2D eigenvalue weighted by Crippen LogP contribution is 2.74. The third-order valence-corrected chi connectivity index (χ3v) is 8.53. The van der Waals surface area contributed by atoms with E-state index in [4.69, 9.17) is 0 Å². The van der Waals surface area contributed by atoms with E-state index in [1.807, 2.05) is 106 Å². The van der Waals surface area contributed by atoms with Gasteiger partial charge in [0.15, 0.2) is 5.78 Å². The van der Waals surface area contributed by atoms with E-state index in [1.165, 1.54) is 4.90 Å². The first kappa shape index (κ1) is 21.7. The van der Waals surface area contributed by atoms with Crippen molar-refractivity contribution in [3.8, 4) is 0 Å². The molecule has 6 rings (SSSR count). The normalized spacial score (nSPS) is 29.3. The zero-order chi connectivity index (χ0) is 24.5. The van der Waals surface area contributed by atoms with Crippen molar-refractivity contribution < 1.29 is 14.4 Å². The summed E-state index contributed by atoms with van der Waals surface area (Å²) in [5, 5.41) is 0. The van der Waals surface area contributed by atoms with Crippen LogP contribution in [-0.2, 0) is 14.4 Å². The predicted molar refractivity (Wildman–Crippen MR) is 136 cm³/mol. The molecule has 0 unspecified atom stereocenters. The molecule has 3 aliphatic rings. The highest BCUT2D eigenvalue weighted by Gasteiger charge is 2.79. The van der Waals surface area contributed by atoms with Crippen molar-refractivity contribution in [1.29, 1.82) is 0 Å². The van der Waals surface area contributed by atoms with Crippen LogP contribution in [0.25, 0.3) is 11.1 Å². The number of hydrogen-bond acceptors (Lipinski definition) is 3. The lowest BCUT2D eigenvalue weighted by Gasteiger charge is -2.37. The van der Waals surface area contributed by atoms with Gasteiger partial charge in [-0.3, -0.25) is 14.4 Å². The van der Waals surface area contributed by atoms with E-state index in [9.17, 15) is 14.4 Å². The second-order valence-corrected chi connectivity index (χ2v) is 10.1. The Morgan fingerprint density at radius 1 is 0.714 bits per heavy atom. The Bertz CT molecular complexity index is 1410. The van der Waals surface area contributed by atoms with Gasteiger partial charge >= 0.3 is 0 Å². The molecule has 1 aliphatic heterocycles. The van der Waals surface area contributed by atoms with Gasteiger partial charge in [-0.15, -0.1) is 0 Å². The molecule has 0 spiro atoms. The number of nitrogens with zero attached hydrogens (tertiary/aromatic N) is 1. The average molecular weight is 462 g/mol. The summed E-state index contributed by atoms with van der Waals surface area (Å²) in [5.74, 6) is -1.95. The van der Waals surface area contributed by atoms with Crippen LogP contribution < -0.4 is 4.90 Å². The molecule has 1 saturated carbocycles. The molecule has 1 heterocycles. The van der Waals surface area contributed by atoms with Gasteiger partial charge in [0.25, 0.3) is 0 Å². The number of aryl methyl sites for hydroxylation is 1. The van der Waals surface area contributed by atoms with Crippen LogP contribution in [0.15, 0.2) is 84.9 Å². The van der Waals surface area contributed by atoms with E-state index in [1.54, 1.807) is 0 Å². The number of amides is 2. The van der Waals surface area contributed by atoms with Gasteiger partial charge < -0.3 is 0 Å². The minimum Gasteiger partial charge on any atom is -0.298 e. The summed E-state index contributed by atoms with van der Waals surface area (Å²) in [4.78, 5) is 43.9. The summed E-state index contributed by atoms with van der Waals surface area (Å²) in [6.07, 6.45) is 0.462. The van der Waals surface area contributed by atoms with E-state index in [0.29, 0.717) is 12.1 Å². The highest BCUT2D eigenvalue weighted by molar-refractivity contribution is 6.34. The largest absolute Gasteiger partial charge is 0.298 e. The standard InChI is InChI=1S/C31H27NO3/c1-4-31-24(21-13-9-6-10-14-21)23(20-11-7-5-8-12-20)30(3,29(31)35)25-26(31)28(34)32(27(25)33)22-17-15-19(2)16-18-22/h5-18,25-26H,4H2,1-3H3/t25-,26+,30+,31-/m1/s1. The van der Waals surface area contributed by atoms with Crippen molar-refractivity contribution >= 4 is 34.4 Å². The molecule has 0 radical (unpaired) electrons. The van der Waals surface area contributed by atoms with Gasteiger partial charge in [-0.1, -0.05) is 85.3 Å². The Hall–Kier alpha value is -3.79. The smallest absolute Gasteiger partial charge is 0.239 e. The van der Waals surface area contributed by atoms with Gasteiger partial charge in [0.1, 0.15) is 0 Å². The molecule has 2 amide bonds. The van der Waals surface area contributed by atoms with Gasteiger partial charge in [0.2, 0.25) is 11.8 Å². The first-order chi connectivity index (χ1) is 16.9. The summed E-state index contributed by atoms with van der Waals surface area (Å²) in [5.41, 5.74) is 3.18. The molecular weight excluding hydrogens is 434 g/mol. The number of allylic oxidation sites excluding steroid dienone is 2. The molecule has 4 nitrogen and oxygen atoms in total. The fourth-order valence-corrected chi connectivity index (χ4v) is 7.08. The van der Waals surface area contributed by atoms with Crippen LogP contribution in [0.5, 0.6) is 0 Å². The number of carbonyl (C=O) groups excluding carboxylic acids is 3. The van der Waals surface area contributed by atoms with Gasteiger partial charge in [0.05, 0.1) is 28.4 Å². The van der Waals surface area contributed by atoms with Crippen LogP contribution in [0.2, 0.25) is 0 Å². The monoisotopic (exact) mass is 461 g/mol. The SMILES string of the molecule is CC[C@@]12C(=O)[C@@](C)(C(c3ccccc3)=C1c1ccccc1)[C@H]1C(=O)N(c3ccc(C)cc3)C(=O)[C@H]12. The van der Waals surface area contributed by atoms with E-state index < -0.39 is 22.7 Å². The lowest BCUT2D eigenvalue weighted by atomic mass is 9.62. The first-order valence-electron chi connectivity index (χ1n) is 12.2. The topological polar surface area (TPSA) is 54.5 Å². The van der Waals surface area contributed by atoms with Crippen LogP contribution in [0, 0.1) is 29.6 Å². The molecule has 2 bridgehead atoms. The number of rotatable bonds is 4. The number of benzene rings is 3. The highest BCUT2D eigenvalue weighted by atomic mass is 16.2. The molecule has 1 saturated heterocycles. The minimum absolute atomic E-state index is 0.00506. The van der Waals surface area contributed by atoms with Crippen LogP contribution >= 0.6 is 0 Å². The second kappa shape index (κ2) is 7.35. The molecule has 174 valence electrons. The Morgan fingerprint density at radius 3 is 1.77 bits per heavy atom. The Labute approximate surface area is 205 Å². The van der Waals surface area contributed by atoms with Crippen molar-refractivity contribution in [1.82, 2.24) is 0 Å². The quantitative estimate of drug-likeness (QED) is 0.468. The summed E-state index contributed by atoms with van der Waals surface area (Å²) < 4.78 is 0. The predicted octanol–water partition coefficient (Wildman–Crippen LogP) is 5.71. The van der Waals surface area contributed by atoms with Crippen LogP contribution in [-0.4, -0.2) is 17.6 Å². The Kier molecular flexibility index (Phi) is 4.56. The van der Waals surface area contributed by atoms with Crippen molar-refractivity contribution in [2.45, 2.75) is 27.2 Å². The van der Waals surface area contributed by atoms with Crippen molar-refractivity contribution in [2.24, 2.45) is 22.7 Å². The zero-order valence-corrected chi connectivity index (χ0v) is 20.1. The fourth-order valence-electron chi connectivity index (χ4n) is 7.08. The number of Topliss-reactive ketones (excluding diaryl/α,β-unsaturated/α-hetero) is 1. The van der Waals surface area contributed by atoms with E-state index >= 15 is 0 Å². The van der Waals surface area contributed by atoms with E-state index in [2.05, 4.69) is 0 Å². The number of anilines is 1. The van der Waals surface area contributed by atoms with Gasteiger partial charge in [-0.2, -0.15) is 0 Å². The summed E-state index contributed by atoms with van der Waals surface area (Å²) in [7, 11) is 0. The number of imide groups is 1. The average Bonchev–Trinajstić information content (AvgIpc) is 3.35. The molecule has 0 aromatic heterocycles. The maximum absolute atomic E-state index is 14.4. The molecule has 4 atom stereocenters. The van der Waals surface area contributed by atoms with E-state index in [0.717, 1.165) is 27.8 Å². The van der Waals surface area contributed by atoms with Crippen molar-refractivity contribution in [3.63, 3.8) is 0 Å². The van der Waals surface area contributed by atoms with Gasteiger partial charge in [-0.05, 0) is 54.7 Å². The lowest BCUT2D eigenvalue weighted by molar-refractivity contribution is -0.134. The number of fused-ring (bicyclic) bond motifs is 5. The molecule has 2 fully saturated rings. The lowest BCUT2D eigenvalue weighted by Crippen LogP contribution is -2.41. The number of ketones is 1. The minimum atomic E-state index is -1.08. The molecule has 2 aliphatic carbocycles. The number of hydrogen-bond donors (Lipinski definition) is 0. The molecule has 4 heteroatoms. The first-order valence-corrected chi connectivity index (χ1v) is 12.2. The number of carbonyl (C=O) groups is 3. The van der Waals surface area contributed by atoms with Crippen LogP contribution in [0.3, 0.4) is 0 Å². The zero-order valence-electron chi connectivity index (χ0n) is 20.1. The summed E-state index contributed by atoms with van der Waals surface area (Å²) in [6, 6.07) is 27.2.